The van der Waals surface area contributed by atoms with Crippen LogP contribution in [0.4, 0.5) is 0 Å². The third kappa shape index (κ3) is 5.60. The zero-order valence-electron chi connectivity index (χ0n) is 18.2. The Hall–Kier alpha value is -2.33. The SMILES string of the molecule is CC(C)NCCCOc1ccc(-c2ccc(C(=O)N3[C@H](C)CC[C@H]3C)cc2)cc1. The number of nitrogens with zero attached hydrogens (tertiary/aromatic N) is 1. The van der Waals surface area contributed by atoms with Gasteiger partial charge in [-0.15, -0.1) is 0 Å². The van der Waals surface area contributed by atoms with E-state index in [1.54, 1.807) is 0 Å². The van der Waals surface area contributed by atoms with E-state index in [9.17, 15) is 4.79 Å². The zero-order valence-corrected chi connectivity index (χ0v) is 18.2. The summed E-state index contributed by atoms with van der Waals surface area (Å²) in [4.78, 5) is 14.9. The van der Waals surface area contributed by atoms with Gasteiger partial charge in [0.25, 0.3) is 5.91 Å². The minimum atomic E-state index is 0.143. The number of hydrogen-bond donors (Lipinski definition) is 1. The van der Waals surface area contributed by atoms with Crippen LogP contribution in [0.2, 0.25) is 0 Å². The highest BCUT2D eigenvalue weighted by atomic mass is 16.5. The molecule has 1 fully saturated rings. The first kappa shape index (κ1) is 21.4. The van der Waals surface area contributed by atoms with E-state index in [0.717, 1.165) is 48.2 Å². The summed E-state index contributed by atoms with van der Waals surface area (Å²) in [6.45, 7) is 10.3. The van der Waals surface area contributed by atoms with Gasteiger partial charge in [-0.1, -0.05) is 38.1 Å². The van der Waals surface area contributed by atoms with Crippen molar-refractivity contribution < 1.29 is 9.53 Å². The summed E-state index contributed by atoms with van der Waals surface area (Å²) in [7, 11) is 0. The van der Waals surface area contributed by atoms with Crippen LogP contribution in [0.15, 0.2) is 48.5 Å². The van der Waals surface area contributed by atoms with Gasteiger partial charge in [0.15, 0.2) is 0 Å². The van der Waals surface area contributed by atoms with Gasteiger partial charge in [-0.05, 0) is 75.0 Å². The molecule has 2 aromatic rings. The van der Waals surface area contributed by atoms with Gasteiger partial charge < -0.3 is 15.0 Å². The van der Waals surface area contributed by atoms with Crippen LogP contribution in [0.1, 0.15) is 57.3 Å². The van der Waals surface area contributed by atoms with Crippen LogP contribution >= 0.6 is 0 Å². The molecule has 0 saturated carbocycles. The predicted molar refractivity (Wildman–Crippen MR) is 119 cm³/mol. The topological polar surface area (TPSA) is 41.6 Å². The molecule has 0 radical (unpaired) electrons. The van der Waals surface area contributed by atoms with Gasteiger partial charge in [-0.3, -0.25) is 4.79 Å². The lowest BCUT2D eigenvalue weighted by molar-refractivity contribution is 0.0693. The van der Waals surface area contributed by atoms with Gasteiger partial charge in [-0.2, -0.15) is 0 Å². The molecule has 4 nitrogen and oxygen atoms in total. The predicted octanol–water partition coefficient (Wildman–Crippen LogP) is 5.13. The number of carbonyl (C=O) groups excluding carboxylic acids is 1. The van der Waals surface area contributed by atoms with Crippen molar-refractivity contribution in [2.75, 3.05) is 13.2 Å². The van der Waals surface area contributed by atoms with Gasteiger partial charge in [0, 0.05) is 23.7 Å². The molecule has 0 spiro atoms. The molecule has 0 aliphatic carbocycles. The Bertz CT molecular complexity index is 773. The summed E-state index contributed by atoms with van der Waals surface area (Å²) in [5.74, 6) is 1.03. The molecule has 2 aromatic carbocycles. The van der Waals surface area contributed by atoms with E-state index >= 15 is 0 Å². The van der Waals surface area contributed by atoms with E-state index in [-0.39, 0.29) is 5.91 Å². The molecule has 1 saturated heterocycles. The van der Waals surface area contributed by atoms with Gasteiger partial charge in [0.1, 0.15) is 5.75 Å². The van der Waals surface area contributed by atoms with Crippen molar-refractivity contribution in [3.8, 4) is 16.9 Å². The summed E-state index contributed by atoms with van der Waals surface area (Å²) < 4.78 is 5.82. The zero-order chi connectivity index (χ0) is 20.8. The van der Waals surface area contributed by atoms with Gasteiger partial charge in [0.2, 0.25) is 0 Å². The minimum absolute atomic E-state index is 0.143. The monoisotopic (exact) mass is 394 g/mol. The van der Waals surface area contributed by atoms with Gasteiger partial charge in [0.05, 0.1) is 6.61 Å². The second-order valence-electron chi connectivity index (χ2n) is 8.40. The molecule has 2 atom stereocenters. The first-order valence-electron chi connectivity index (χ1n) is 10.8. The first-order valence-corrected chi connectivity index (χ1v) is 10.8. The summed E-state index contributed by atoms with van der Waals surface area (Å²) in [6, 6.07) is 17.3. The summed E-state index contributed by atoms with van der Waals surface area (Å²) in [5.41, 5.74) is 3.00. The fraction of sp³-hybridized carbons (Fsp3) is 0.480. The van der Waals surface area contributed by atoms with Crippen LogP contribution in [-0.4, -0.2) is 42.1 Å². The number of amides is 1. The highest BCUT2D eigenvalue weighted by Gasteiger charge is 2.31. The standard InChI is InChI=1S/C25H34N2O2/c1-18(2)26-16-5-17-29-24-14-12-22(13-15-24)21-8-10-23(11-9-21)25(28)27-19(3)6-7-20(27)4/h8-15,18-20,26H,5-7,16-17H2,1-4H3/t19-,20-/m1/s1. The number of nitrogens with one attached hydrogen (secondary N) is 1. The van der Waals surface area contributed by atoms with Crippen LogP contribution in [0.5, 0.6) is 5.75 Å². The Morgan fingerprint density at radius 1 is 1.00 bits per heavy atom. The van der Waals surface area contributed by atoms with E-state index < -0.39 is 0 Å². The highest BCUT2D eigenvalue weighted by molar-refractivity contribution is 5.95. The van der Waals surface area contributed by atoms with E-state index in [1.165, 1.54) is 0 Å². The molecular weight excluding hydrogens is 360 g/mol. The van der Waals surface area contributed by atoms with E-state index in [0.29, 0.717) is 24.7 Å². The third-order valence-corrected chi connectivity index (χ3v) is 5.65. The Balaban J connectivity index is 1.56. The number of likely N-dealkylation sites (tertiary alicyclic amines) is 1. The maximum Gasteiger partial charge on any atom is 0.254 e. The molecule has 4 heteroatoms. The van der Waals surface area contributed by atoms with Gasteiger partial charge >= 0.3 is 0 Å². The largest absolute Gasteiger partial charge is 0.494 e. The average Bonchev–Trinajstić information content (AvgIpc) is 3.06. The summed E-state index contributed by atoms with van der Waals surface area (Å²) in [5, 5.41) is 3.39. The van der Waals surface area contributed by atoms with Crippen molar-refractivity contribution in [2.45, 2.75) is 65.1 Å². The molecule has 3 rings (SSSR count). The fourth-order valence-electron chi connectivity index (χ4n) is 3.95. The maximum absolute atomic E-state index is 12.8. The highest BCUT2D eigenvalue weighted by Crippen LogP contribution is 2.27. The average molecular weight is 395 g/mol. The maximum atomic E-state index is 12.8. The van der Waals surface area contributed by atoms with Crippen molar-refractivity contribution >= 4 is 5.91 Å². The summed E-state index contributed by atoms with van der Waals surface area (Å²) in [6.07, 6.45) is 3.17. The quantitative estimate of drug-likeness (QED) is 0.631. The smallest absolute Gasteiger partial charge is 0.254 e. The van der Waals surface area contributed by atoms with Crippen molar-refractivity contribution in [2.24, 2.45) is 0 Å². The van der Waals surface area contributed by atoms with Crippen molar-refractivity contribution in [1.29, 1.82) is 0 Å². The second-order valence-corrected chi connectivity index (χ2v) is 8.40. The Kier molecular flexibility index (Phi) is 7.32. The minimum Gasteiger partial charge on any atom is -0.494 e. The number of ether oxygens (including phenoxy) is 1. The molecule has 0 bridgehead atoms. The lowest BCUT2D eigenvalue weighted by atomic mass is 10.0. The lowest BCUT2D eigenvalue weighted by Crippen LogP contribution is -2.38. The molecule has 156 valence electrons. The number of benzene rings is 2. The molecular formula is C25H34N2O2. The van der Waals surface area contributed by atoms with Gasteiger partial charge in [-0.25, -0.2) is 0 Å². The van der Waals surface area contributed by atoms with E-state index in [4.69, 9.17) is 4.74 Å². The normalized spacial score (nSPS) is 19.0. The van der Waals surface area contributed by atoms with Crippen LogP contribution < -0.4 is 10.1 Å². The molecule has 29 heavy (non-hydrogen) atoms. The Labute approximate surface area is 175 Å². The lowest BCUT2D eigenvalue weighted by Gasteiger charge is -2.26. The fourth-order valence-corrected chi connectivity index (χ4v) is 3.95. The third-order valence-electron chi connectivity index (χ3n) is 5.65. The molecule has 1 aliphatic heterocycles. The van der Waals surface area contributed by atoms with Crippen LogP contribution in [0.25, 0.3) is 11.1 Å². The Morgan fingerprint density at radius 3 is 2.10 bits per heavy atom. The van der Waals surface area contributed by atoms with E-state index in [2.05, 4.69) is 45.1 Å². The Morgan fingerprint density at radius 2 is 1.55 bits per heavy atom. The van der Waals surface area contributed by atoms with E-state index in [1.807, 2.05) is 41.3 Å². The first-order chi connectivity index (χ1) is 14.0. The summed E-state index contributed by atoms with van der Waals surface area (Å²) >= 11 is 0. The van der Waals surface area contributed by atoms with Crippen molar-refractivity contribution in [3.05, 3.63) is 54.1 Å². The van der Waals surface area contributed by atoms with Crippen LogP contribution in [0.3, 0.4) is 0 Å². The number of rotatable bonds is 8. The number of hydrogen-bond acceptors (Lipinski definition) is 3. The number of carbonyl (C=O) groups is 1. The molecule has 0 unspecified atom stereocenters. The second kappa shape index (κ2) is 9.93. The molecule has 0 aromatic heterocycles. The molecule has 1 amide bonds. The molecule has 1 heterocycles. The van der Waals surface area contributed by atoms with Crippen LogP contribution in [0, 0.1) is 0 Å². The van der Waals surface area contributed by atoms with Crippen LogP contribution in [-0.2, 0) is 0 Å². The van der Waals surface area contributed by atoms with Crippen molar-refractivity contribution in [3.63, 3.8) is 0 Å². The van der Waals surface area contributed by atoms with Crippen molar-refractivity contribution in [1.82, 2.24) is 10.2 Å². The molecule has 1 aliphatic rings. The molecule has 1 N–H and O–H groups in total.